The van der Waals surface area contributed by atoms with Crippen LogP contribution in [0.25, 0.3) is 72.8 Å². The number of hydrogen-bond acceptors (Lipinski definition) is 5. The van der Waals surface area contributed by atoms with Crippen molar-refractivity contribution in [2.45, 2.75) is 0 Å². The van der Waals surface area contributed by atoms with Crippen LogP contribution in [0.4, 0.5) is 4.39 Å². The third kappa shape index (κ3) is 5.02. The molecular weight excluding hydrogens is 595 g/mol. The van der Waals surface area contributed by atoms with Crippen LogP contribution in [0.15, 0.2) is 140 Å². The molecule has 224 valence electrons. The molecule has 0 saturated carbocycles. The van der Waals surface area contributed by atoms with Crippen molar-refractivity contribution < 1.29 is 4.39 Å². The maximum atomic E-state index is 14.1. The number of halogens is 1. The van der Waals surface area contributed by atoms with Crippen LogP contribution in [0.2, 0.25) is 0 Å². The molecule has 6 nitrogen and oxygen atoms in total. The summed E-state index contributed by atoms with van der Waals surface area (Å²) in [6, 6.07) is 47.6. The van der Waals surface area contributed by atoms with Crippen molar-refractivity contribution in [3.63, 3.8) is 0 Å². The van der Waals surface area contributed by atoms with Gasteiger partial charge in [-0.3, -0.25) is 0 Å². The van der Waals surface area contributed by atoms with E-state index in [9.17, 15) is 14.9 Å². The molecule has 2 aromatic heterocycles. The van der Waals surface area contributed by atoms with Gasteiger partial charge in [-0.05, 0) is 48.0 Å². The Labute approximate surface area is 275 Å². The van der Waals surface area contributed by atoms with Crippen molar-refractivity contribution in [3.8, 4) is 63.1 Å². The lowest BCUT2D eigenvalue weighted by Gasteiger charge is -2.16. The molecule has 8 aromatic rings. The summed E-state index contributed by atoms with van der Waals surface area (Å²) in [6.07, 6.45) is 0. The van der Waals surface area contributed by atoms with Crippen LogP contribution in [0, 0.1) is 28.5 Å². The molecule has 0 atom stereocenters. The van der Waals surface area contributed by atoms with Crippen molar-refractivity contribution in [1.82, 2.24) is 19.5 Å². The van der Waals surface area contributed by atoms with Gasteiger partial charge in [-0.2, -0.15) is 10.5 Å². The number of aromatic nitrogens is 4. The Hall–Kier alpha value is -6.96. The second-order valence-corrected chi connectivity index (χ2v) is 11.3. The third-order valence-electron chi connectivity index (χ3n) is 8.38. The van der Waals surface area contributed by atoms with E-state index in [0.717, 1.165) is 55.3 Å². The van der Waals surface area contributed by atoms with E-state index in [-0.39, 0.29) is 5.82 Å². The van der Waals surface area contributed by atoms with Gasteiger partial charge < -0.3 is 4.57 Å². The van der Waals surface area contributed by atoms with Crippen LogP contribution in [0.5, 0.6) is 0 Å². The largest absolute Gasteiger partial charge is 0.309 e. The molecule has 0 amide bonds. The zero-order chi connectivity index (χ0) is 32.6. The summed E-state index contributed by atoms with van der Waals surface area (Å²) in [5, 5.41) is 21.6. The molecule has 0 bridgehead atoms. The maximum absolute atomic E-state index is 14.1. The molecule has 6 aromatic carbocycles. The first-order valence-corrected chi connectivity index (χ1v) is 15.3. The highest BCUT2D eigenvalue weighted by Gasteiger charge is 2.20. The number of fused-ring (bicyclic) bond motifs is 3. The van der Waals surface area contributed by atoms with Crippen molar-refractivity contribution in [2.75, 3.05) is 0 Å². The third-order valence-corrected chi connectivity index (χ3v) is 8.38. The fourth-order valence-electron chi connectivity index (χ4n) is 6.08. The number of nitrogens with zero attached hydrogens (tertiary/aromatic N) is 6. The van der Waals surface area contributed by atoms with E-state index in [1.165, 1.54) is 12.1 Å². The van der Waals surface area contributed by atoms with Crippen LogP contribution >= 0.6 is 0 Å². The van der Waals surface area contributed by atoms with E-state index in [2.05, 4.69) is 16.7 Å². The minimum Gasteiger partial charge on any atom is -0.309 e. The number of hydrogen-bond donors (Lipinski definition) is 0. The molecule has 0 aliphatic carbocycles. The Balaban J connectivity index is 1.45. The second kappa shape index (κ2) is 11.8. The van der Waals surface area contributed by atoms with E-state index in [0.29, 0.717) is 28.6 Å². The predicted octanol–water partition coefficient (Wildman–Crippen LogP) is 9.52. The van der Waals surface area contributed by atoms with E-state index in [1.54, 1.807) is 24.3 Å². The highest BCUT2D eigenvalue weighted by Crippen LogP contribution is 2.39. The summed E-state index contributed by atoms with van der Waals surface area (Å²) >= 11 is 0. The topological polar surface area (TPSA) is 91.2 Å². The summed E-state index contributed by atoms with van der Waals surface area (Å²) in [5.74, 6) is 1.22. The first-order chi connectivity index (χ1) is 23.6. The summed E-state index contributed by atoms with van der Waals surface area (Å²) in [6.45, 7) is 0. The number of rotatable bonds is 5. The van der Waals surface area contributed by atoms with Crippen molar-refractivity contribution in [1.29, 1.82) is 10.5 Å². The van der Waals surface area contributed by atoms with Gasteiger partial charge in [0.2, 0.25) is 0 Å². The van der Waals surface area contributed by atoms with Crippen molar-refractivity contribution in [3.05, 3.63) is 156 Å². The fourth-order valence-corrected chi connectivity index (χ4v) is 6.08. The second-order valence-electron chi connectivity index (χ2n) is 11.3. The van der Waals surface area contributed by atoms with Gasteiger partial charge in [0.25, 0.3) is 0 Å². The summed E-state index contributed by atoms with van der Waals surface area (Å²) < 4.78 is 16.2. The lowest BCUT2D eigenvalue weighted by Crippen LogP contribution is -2.02. The van der Waals surface area contributed by atoms with Crippen LogP contribution in [-0.4, -0.2) is 19.5 Å². The van der Waals surface area contributed by atoms with E-state index in [1.807, 2.05) is 103 Å². The van der Waals surface area contributed by atoms with Crippen LogP contribution in [0.1, 0.15) is 11.1 Å². The first-order valence-electron chi connectivity index (χ1n) is 15.3. The molecule has 7 heteroatoms. The van der Waals surface area contributed by atoms with Gasteiger partial charge >= 0.3 is 0 Å². The lowest BCUT2D eigenvalue weighted by atomic mass is 10.00. The SMILES string of the molecule is N#Cc1ccc2c3ccc(C#N)cc3n(-c3cc(-c4nc(-c5ccccc5)nc(-c5ccccc5)n4)ccc3-c3ccc(F)cc3)c2c1. The molecule has 0 saturated heterocycles. The summed E-state index contributed by atoms with van der Waals surface area (Å²) in [7, 11) is 0. The molecule has 0 unspecified atom stereocenters. The fraction of sp³-hybridized carbons (Fsp3) is 0. The minimum atomic E-state index is -0.335. The van der Waals surface area contributed by atoms with Gasteiger partial charge in [-0.25, -0.2) is 19.3 Å². The highest BCUT2D eigenvalue weighted by molar-refractivity contribution is 6.10. The van der Waals surface area contributed by atoms with Gasteiger partial charge in [0.05, 0.1) is 40.0 Å². The van der Waals surface area contributed by atoms with Gasteiger partial charge in [-0.15, -0.1) is 0 Å². The lowest BCUT2D eigenvalue weighted by molar-refractivity contribution is 0.628. The van der Waals surface area contributed by atoms with Gasteiger partial charge in [0.1, 0.15) is 5.82 Å². The average molecular weight is 619 g/mol. The predicted molar refractivity (Wildman–Crippen MR) is 185 cm³/mol. The molecule has 0 N–H and O–H groups in total. The molecule has 0 aliphatic rings. The summed E-state index contributed by atoms with van der Waals surface area (Å²) in [5.41, 5.74) is 7.43. The zero-order valence-corrected chi connectivity index (χ0v) is 25.3. The zero-order valence-electron chi connectivity index (χ0n) is 25.3. The highest BCUT2D eigenvalue weighted by atomic mass is 19.1. The van der Waals surface area contributed by atoms with Crippen molar-refractivity contribution in [2.24, 2.45) is 0 Å². The first kappa shape index (κ1) is 28.5. The monoisotopic (exact) mass is 618 g/mol. The van der Waals surface area contributed by atoms with Gasteiger partial charge in [0.15, 0.2) is 17.5 Å². The average Bonchev–Trinajstić information content (AvgIpc) is 3.48. The normalized spacial score (nSPS) is 11.0. The Morgan fingerprint density at radius 3 is 1.46 bits per heavy atom. The number of benzene rings is 6. The van der Waals surface area contributed by atoms with E-state index < -0.39 is 0 Å². The minimum absolute atomic E-state index is 0.335. The molecule has 0 radical (unpaired) electrons. The van der Waals surface area contributed by atoms with Crippen molar-refractivity contribution >= 4 is 21.8 Å². The van der Waals surface area contributed by atoms with Crippen LogP contribution < -0.4 is 0 Å². The molecule has 0 aliphatic heterocycles. The Bertz CT molecular complexity index is 2450. The van der Waals surface area contributed by atoms with Crippen LogP contribution in [-0.2, 0) is 0 Å². The molecule has 48 heavy (non-hydrogen) atoms. The summed E-state index contributed by atoms with van der Waals surface area (Å²) in [4.78, 5) is 14.7. The molecule has 0 spiro atoms. The Kier molecular flexibility index (Phi) is 6.98. The molecule has 0 fully saturated rings. The molecule has 2 heterocycles. The van der Waals surface area contributed by atoms with Crippen LogP contribution in [0.3, 0.4) is 0 Å². The molecule has 8 rings (SSSR count). The standard InChI is InChI=1S/C41H23FN6/c42-32-16-13-28(14-17-32)33-20-15-31(41-46-39(29-7-3-1-4-8-29)45-40(47-41)30-9-5-2-6-10-30)23-38(33)48-36-21-26(24-43)11-18-34(36)35-19-12-27(25-44)22-37(35)48/h1-23H. The Morgan fingerprint density at radius 2 is 0.958 bits per heavy atom. The quantitative estimate of drug-likeness (QED) is 0.192. The maximum Gasteiger partial charge on any atom is 0.164 e. The molecular formula is C41H23FN6. The smallest absolute Gasteiger partial charge is 0.164 e. The van der Waals surface area contributed by atoms with Gasteiger partial charge in [-0.1, -0.05) is 97.1 Å². The van der Waals surface area contributed by atoms with E-state index in [4.69, 9.17) is 15.0 Å². The van der Waals surface area contributed by atoms with Gasteiger partial charge in [0, 0.05) is 33.0 Å². The van der Waals surface area contributed by atoms with E-state index >= 15 is 0 Å². The Morgan fingerprint density at radius 1 is 0.479 bits per heavy atom. The number of nitriles is 2.